The Hall–Kier alpha value is -3.53. The second kappa shape index (κ2) is 8.72. The van der Waals surface area contributed by atoms with Crippen molar-refractivity contribution in [3.05, 3.63) is 72.8 Å². The third-order valence-electron chi connectivity index (χ3n) is 3.24. The minimum Gasteiger partial charge on any atom is -0.477 e. The summed E-state index contributed by atoms with van der Waals surface area (Å²) in [5.74, 6) is -0.706. The van der Waals surface area contributed by atoms with E-state index in [0.29, 0.717) is 11.1 Å². The maximum atomic E-state index is 11.7. The molecule has 0 fully saturated rings. The molecule has 0 spiro atoms. The van der Waals surface area contributed by atoms with Crippen LogP contribution in [0.5, 0.6) is 5.75 Å². The van der Waals surface area contributed by atoms with Gasteiger partial charge in [0.05, 0.1) is 16.1 Å². The van der Waals surface area contributed by atoms with Crippen LogP contribution in [0, 0.1) is 27.2 Å². The number of halogens is 1. The summed E-state index contributed by atoms with van der Waals surface area (Å²) < 4.78 is 5.15. The van der Waals surface area contributed by atoms with Crippen molar-refractivity contribution in [2.24, 2.45) is 5.10 Å². The lowest BCUT2D eigenvalue weighted by Crippen LogP contribution is -2.24. The second-order valence-electron chi connectivity index (χ2n) is 5.28. The van der Waals surface area contributed by atoms with Gasteiger partial charge in [0, 0.05) is 17.7 Å². The molecule has 0 radical (unpaired) electrons. The number of rotatable bonds is 7. The number of amides is 1. The van der Waals surface area contributed by atoms with Crippen LogP contribution in [0.4, 0.5) is 11.4 Å². The fraction of sp³-hybridized carbons (Fsp3) is 0.125. The zero-order valence-corrected chi connectivity index (χ0v) is 14.7. The third kappa shape index (κ3) is 5.47. The summed E-state index contributed by atoms with van der Waals surface area (Å²) in [6.07, 6.45) is 1.19. The van der Waals surface area contributed by atoms with E-state index < -0.39 is 22.4 Å². The maximum absolute atomic E-state index is 11.7. The molecule has 10 nitrogen and oxygen atoms in total. The number of hydrazone groups is 1. The molecule has 11 heteroatoms. The van der Waals surface area contributed by atoms with Gasteiger partial charge in [-0.25, -0.2) is 5.43 Å². The normalized spacial score (nSPS) is 10.6. The number of nitro benzene ring substituents is 2. The number of benzene rings is 2. The second-order valence-corrected chi connectivity index (χ2v) is 5.69. The van der Waals surface area contributed by atoms with Gasteiger partial charge in [0.25, 0.3) is 11.6 Å². The van der Waals surface area contributed by atoms with Crippen molar-refractivity contribution in [3.8, 4) is 5.75 Å². The molecular formula is C16H13ClN4O6. The average molecular weight is 393 g/mol. The predicted octanol–water partition coefficient (Wildman–Crippen LogP) is 2.99. The van der Waals surface area contributed by atoms with E-state index >= 15 is 0 Å². The van der Waals surface area contributed by atoms with E-state index in [1.807, 2.05) is 0 Å². The molecular weight excluding hydrogens is 380 g/mol. The van der Waals surface area contributed by atoms with Crippen LogP contribution in [0.2, 0.25) is 5.02 Å². The molecule has 1 N–H and O–H groups in total. The van der Waals surface area contributed by atoms with Gasteiger partial charge in [-0.05, 0) is 24.6 Å². The first-order chi connectivity index (χ1) is 12.8. The average Bonchev–Trinajstić information content (AvgIpc) is 2.61. The van der Waals surface area contributed by atoms with Crippen LogP contribution in [0.25, 0.3) is 0 Å². The third-order valence-corrected chi connectivity index (χ3v) is 3.56. The van der Waals surface area contributed by atoms with E-state index in [2.05, 4.69) is 10.5 Å². The highest BCUT2D eigenvalue weighted by Crippen LogP contribution is 2.27. The van der Waals surface area contributed by atoms with Gasteiger partial charge in [0.1, 0.15) is 5.02 Å². The maximum Gasteiger partial charge on any atom is 0.311 e. The summed E-state index contributed by atoms with van der Waals surface area (Å²) in [5, 5.41) is 25.4. The van der Waals surface area contributed by atoms with Gasteiger partial charge < -0.3 is 4.74 Å². The first kappa shape index (κ1) is 19.8. The van der Waals surface area contributed by atoms with Crippen molar-refractivity contribution in [3.63, 3.8) is 0 Å². The Kier molecular flexibility index (Phi) is 6.39. The number of hydrogen-bond acceptors (Lipinski definition) is 7. The lowest BCUT2D eigenvalue weighted by molar-refractivity contribution is -0.385. The molecule has 1 amide bonds. The molecule has 0 unspecified atom stereocenters. The van der Waals surface area contributed by atoms with Crippen LogP contribution in [0.15, 0.2) is 41.5 Å². The van der Waals surface area contributed by atoms with Crippen molar-refractivity contribution in [2.75, 3.05) is 6.61 Å². The Balaban J connectivity index is 1.96. The summed E-state index contributed by atoms with van der Waals surface area (Å²) in [5.41, 5.74) is 2.65. The predicted molar refractivity (Wildman–Crippen MR) is 97.2 cm³/mol. The molecule has 0 heterocycles. The molecule has 0 aliphatic heterocycles. The lowest BCUT2D eigenvalue weighted by atomic mass is 10.2. The Morgan fingerprint density at radius 1 is 1.19 bits per heavy atom. The van der Waals surface area contributed by atoms with Gasteiger partial charge in [-0.1, -0.05) is 23.7 Å². The molecule has 0 aliphatic carbocycles. The number of carbonyl (C=O) groups is 1. The summed E-state index contributed by atoms with van der Waals surface area (Å²) in [6.45, 7) is 1.20. The standard InChI is InChI=1S/C16H13ClN4O6/c1-10-2-5-15(14(6-10)21(25)26)27-9-16(22)19-18-8-11-3-4-12(17)13(7-11)20(23)24/h2-8H,9H2,1H3,(H,19,22)/b18-8-. The molecule has 2 aromatic rings. The van der Waals surface area contributed by atoms with Crippen molar-refractivity contribution < 1.29 is 19.4 Å². The van der Waals surface area contributed by atoms with E-state index in [9.17, 15) is 25.0 Å². The fourth-order valence-electron chi connectivity index (χ4n) is 2.00. The molecule has 0 aromatic heterocycles. The Bertz CT molecular complexity index is 931. The molecule has 0 aliphatic rings. The highest BCUT2D eigenvalue weighted by atomic mass is 35.5. The quantitative estimate of drug-likeness (QED) is 0.436. The molecule has 0 atom stereocenters. The molecule has 0 bridgehead atoms. The number of aryl methyl sites for hydroxylation is 1. The van der Waals surface area contributed by atoms with Crippen LogP contribution in [0.1, 0.15) is 11.1 Å². The SMILES string of the molecule is Cc1ccc(OCC(=O)N/N=C\c2ccc(Cl)c([N+](=O)[O-])c2)c([N+](=O)[O-])c1. The topological polar surface area (TPSA) is 137 Å². The van der Waals surface area contributed by atoms with Crippen LogP contribution < -0.4 is 10.2 Å². The van der Waals surface area contributed by atoms with Gasteiger partial charge in [-0.3, -0.25) is 25.0 Å². The number of nitrogens with zero attached hydrogens (tertiary/aromatic N) is 3. The van der Waals surface area contributed by atoms with Crippen LogP contribution in [-0.4, -0.2) is 28.6 Å². The van der Waals surface area contributed by atoms with Crippen molar-refractivity contribution in [1.82, 2.24) is 5.43 Å². The van der Waals surface area contributed by atoms with Gasteiger partial charge in [0.2, 0.25) is 0 Å². The van der Waals surface area contributed by atoms with E-state index in [-0.39, 0.29) is 22.1 Å². The number of hydrogen-bond donors (Lipinski definition) is 1. The highest BCUT2D eigenvalue weighted by Gasteiger charge is 2.16. The molecule has 0 saturated carbocycles. The van der Waals surface area contributed by atoms with Crippen LogP contribution in [0.3, 0.4) is 0 Å². The zero-order valence-electron chi connectivity index (χ0n) is 13.9. The minimum atomic E-state index is -0.662. The van der Waals surface area contributed by atoms with Gasteiger partial charge in [-0.2, -0.15) is 5.10 Å². The smallest absolute Gasteiger partial charge is 0.311 e. The van der Waals surface area contributed by atoms with Crippen molar-refractivity contribution in [2.45, 2.75) is 6.92 Å². The summed E-state index contributed by atoms with van der Waals surface area (Å²) in [4.78, 5) is 32.3. The number of ether oxygens (including phenoxy) is 1. The van der Waals surface area contributed by atoms with Crippen molar-refractivity contribution >= 4 is 35.1 Å². The number of carbonyl (C=O) groups excluding carboxylic acids is 1. The molecule has 0 saturated heterocycles. The zero-order chi connectivity index (χ0) is 20.0. The van der Waals surface area contributed by atoms with E-state index in [1.54, 1.807) is 13.0 Å². The fourth-order valence-corrected chi connectivity index (χ4v) is 2.18. The molecule has 140 valence electrons. The van der Waals surface area contributed by atoms with E-state index in [1.165, 1.54) is 36.5 Å². The monoisotopic (exact) mass is 392 g/mol. The first-order valence-corrected chi connectivity index (χ1v) is 7.79. The first-order valence-electron chi connectivity index (χ1n) is 7.41. The summed E-state index contributed by atoms with van der Waals surface area (Å²) in [7, 11) is 0. The Labute approximate surface area is 157 Å². The van der Waals surface area contributed by atoms with E-state index in [0.717, 1.165) is 0 Å². The molecule has 2 rings (SSSR count). The number of nitro groups is 2. The van der Waals surface area contributed by atoms with Crippen molar-refractivity contribution in [1.29, 1.82) is 0 Å². The summed E-state index contributed by atoms with van der Waals surface area (Å²) >= 11 is 5.70. The molecule has 27 heavy (non-hydrogen) atoms. The van der Waals surface area contributed by atoms with Gasteiger partial charge in [0.15, 0.2) is 12.4 Å². The number of nitrogens with one attached hydrogen (secondary N) is 1. The highest BCUT2D eigenvalue weighted by molar-refractivity contribution is 6.32. The van der Waals surface area contributed by atoms with Gasteiger partial charge >= 0.3 is 5.69 Å². The Morgan fingerprint density at radius 2 is 1.89 bits per heavy atom. The Morgan fingerprint density at radius 3 is 2.56 bits per heavy atom. The summed E-state index contributed by atoms with van der Waals surface area (Å²) in [6, 6.07) is 8.37. The molecule has 2 aromatic carbocycles. The van der Waals surface area contributed by atoms with E-state index in [4.69, 9.17) is 16.3 Å². The lowest BCUT2D eigenvalue weighted by Gasteiger charge is -2.06. The minimum absolute atomic E-state index is 0.0192. The van der Waals surface area contributed by atoms with Gasteiger partial charge in [-0.15, -0.1) is 0 Å². The largest absolute Gasteiger partial charge is 0.477 e. The van der Waals surface area contributed by atoms with Crippen LogP contribution in [-0.2, 0) is 4.79 Å². The van der Waals surface area contributed by atoms with Crippen LogP contribution >= 0.6 is 11.6 Å².